The Kier molecular flexibility index (Phi) is 6.30. The number of nitrogens with zero attached hydrogens (tertiary/aromatic N) is 1. The molecule has 5 nitrogen and oxygen atoms in total. The van der Waals surface area contributed by atoms with E-state index in [1.54, 1.807) is 26.0 Å². The third-order valence-electron chi connectivity index (χ3n) is 3.74. The first kappa shape index (κ1) is 22.0. The van der Waals surface area contributed by atoms with Crippen LogP contribution >= 0.6 is 11.6 Å². The molecular formula is C18H18ClF3N2O3S. The minimum absolute atomic E-state index is 0.143. The van der Waals surface area contributed by atoms with Crippen molar-refractivity contribution in [3.8, 4) is 0 Å². The molecule has 0 radical (unpaired) electrons. The van der Waals surface area contributed by atoms with E-state index in [1.807, 2.05) is 6.07 Å². The minimum atomic E-state index is -4.68. The number of rotatable bonds is 5. The molecule has 2 rings (SSSR count). The van der Waals surface area contributed by atoms with E-state index >= 15 is 0 Å². The number of halogens is 4. The van der Waals surface area contributed by atoms with Crippen molar-refractivity contribution in [3.05, 3.63) is 58.1 Å². The van der Waals surface area contributed by atoms with Gasteiger partial charge in [0.15, 0.2) is 0 Å². The molecule has 0 saturated heterocycles. The highest BCUT2D eigenvalue weighted by atomic mass is 35.5. The quantitative estimate of drug-likeness (QED) is 0.759. The summed E-state index contributed by atoms with van der Waals surface area (Å²) in [7, 11) is -3.81. The summed E-state index contributed by atoms with van der Waals surface area (Å²) < 4.78 is 64.0. The molecule has 0 aliphatic carbocycles. The second kappa shape index (κ2) is 8.00. The van der Waals surface area contributed by atoms with E-state index in [-0.39, 0.29) is 5.69 Å². The van der Waals surface area contributed by atoms with Gasteiger partial charge in [0.2, 0.25) is 15.9 Å². The van der Waals surface area contributed by atoms with Gasteiger partial charge in [0.05, 0.1) is 22.5 Å². The Bertz CT molecular complexity index is 987. The Morgan fingerprint density at radius 1 is 1.11 bits per heavy atom. The third kappa shape index (κ3) is 5.62. The molecule has 0 heterocycles. The standard InChI is InChI=1S/C18H18ClF3N2O3S/c1-11-6-12(2)8-14(7-11)24(28(3,26)27)10-17(25)23-13-4-5-16(19)15(9-13)18(20,21)22/h4-9H,10H2,1-3H3,(H,23,25). The summed E-state index contributed by atoms with van der Waals surface area (Å²) in [5.41, 5.74) is 0.659. The molecule has 0 aliphatic heterocycles. The Balaban J connectivity index is 2.28. The highest BCUT2D eigenvalue weighted by molar-refractivity contribution is 7.92. The van der Waals surface area contributed by atoms with Crippen molar-refractivity contribution in [2.24, 2.45) is 0 Å². The molecule has 0 saturated carbocycles. The van der Waals surface area contributed by atoms with Crippen molar-refractivity contribution in [1.29, 1.82) is 0 Å². The lowest BCUT2D eigenvalue weighted by molar-refractivity contribution is -0.137. The highest BCUT2D eigenvalue weighted by Gasteiger charge is 2.33. The highest BCUT2D eigenvalue weighted by Crippen LogP contribution is 2.36. The number of benzene rings is 2. The van der Waals surface area contributed by atoms with Gasteiger partial charge in [0.1, 0.15) is 6.54 Å². The first-order valence-electron chi connectivity index (χ1n) is 8.00. The number of carbonyl (C=O) groups is 1. The van der Waals surface area contributed by atoms with E-state index in [4.69, 9.17) is 11.6 Å². The topological polar surface area (TPSA) is 66.5 Å². The molecule has 28 heavy (non-hydrogen) atoms. The second-order valence-corrected chi connectivity index (χ2v) is 8.67. The molecule has 0 atom stereocenters. The summed E-state index contributed by atoms with van der Waals surface area (Å²) in [5.74, 6) is -0.792. The monoisotopic (exact) mass is 434 g/mol. The molecule has 152 valence electrons. The van der Waals surface area contributed by atoms with Crippen molar-refractivity contribution in [2.75, 3.05) is 22.4 Å². The SMILES string of the molecule is Cc1cc(C)cc(N(CC(=O)Nc2ccc(Cl)c(C(F)(F)F)c2)S(C)(=O)=O)c1. The van der Waals surface area contributed by atoms with Crippen LogP contribution in [0.5, 0.6) is 0 Å². The molecular weight excluding hydrogens is 417 g/mol. The van der Waals surface area contributed by atoms with Crippen LogP contribution in [0.3, 0.4) is 0 Å². The first-order chi connectivity index (χ1) is 12.8. The molecule has 0 unspecified atom stereocenters. The minimum Gasteiger partial charge on any atom is -0.324 e. The van der Waals surface area contributed by atoms with Crippen LogP contribution in [-0.2, 0) is 21.0 Å². The zero-order valence-corrected chi connectivity index (χ0v) is 16.8. The van der Waals surface area contributed by atoms with Crippen LogP contribution < -0.4 is 9.62 Å². The summed E-state index contributed by atoms with van der Waals surface area (Å²) in [5, 5.41) is 1.78. The van der Waals surface area contributed by atoms with Gasteiger partial charge >= 0.3 is 6.18 Å². The second-order valence-electron chi connectivity index (χ2n) is 6.36. The van der Waals surface area contributed by atoms with E-state index in [0.717, 1.165) is 27.8 Å². The number of aryl methyl sites for hydroxylation is 2. The first-order valence-corrected chi connectivity index (χ1v) is 10.2. The summed E-state index contributed by atoms with van der Waals surface area (Å²) in [6.45, 7) is 2.97. The lowest BCUT2D eigenvalue weighted by Gasteiger charge is -2.23. The maximum absolute atomic E-state index is 12.9. The average Bonchev–Trinajstić information content (AvgIpc) is 2.51. The maximum atomic E-state index is 12.9. The van der Waals surface area contributed by atoms with Gasteiger partial charge in [-0.3, -0.25) is 9.10 Å². The fourth-order valence-corrected chi connectivity index (χ4v) is 3.71. The third-order valence-corrected chi connectivity index (χ3v) is 5.21. The Labute approximate surface area is 166 Å². The molecule has 0 aromatic heterocycles. The van der Waals surface area contributed by atoms with E-state index in [0.29, 0.717) is 11.8 Å². The van der Waals surface area contributed by atoms with Gasteiger partial charge in [-0.25, -0.2) is 8.42 Å². The van der Waals surface area contributed by atoms with Crippen molar-refractivity contribution in [2.45, 2.75) is 20.0 Å². The van der Waals surface area contributed by atoms with Crippen LogP contribution in [0.15, 0.2) is 36.4 Å². The normalized spacial score (nSPS) is 12.0. The molecule has 10 heteroatoms. The lowest BCUT2D eigenvalue weighted by Crippen LogP contribution is -2.37. The number of hydrogen-bond donors (Lipinski definition) is 1. The lowest BCUT2D eigenvalue weighted by atomic mass is 10.1. The number of sulfonamides is 1. The van der Waals surface area contributed by atoms with Crippen LogP contribution in [0.25, 0.3) is 0 Å². The van der Waals surface area contributed by atoms with Crippen molar-refractivity contribution in [1.82, 2.24) is 0 Å². The smallest absolute Gasteiger partial charge is 0.324 e. The summed E-state index contributed by atoms with van der Waals surface area (Å²) in [6, 6.07) is 7.96. The molecule has 0 fully saturated rings. The van der Waals surface area contributed by atoms with Crippen molar-refractivity contribution in [3.63, 3.8) is 0 Å². The number of nitrogens with one attached hydrogen (secondary N) is 1. The van der Waals surface area contributed by atoms with E-state index in [2.05, 4.69) is 5.32 Å². The molecule has 1 amide bonds. The summed E-state index contributed by atoms with van der Waals surface area (Å²) in [6.07, 6.45) is -3.74. The van der Waals surface area contributed by atoms with Crippen LogP contribution in [0.4, 0.5) is 24.5 Å². The van der Waals surface area contributed by atoms with E-state index < -0.39 is 39.2 Å². The molecule has 1 N–H and O–H groups in total. The van der Waals surface area contributed by atoms with Gasteiger partial charge in [0, 0.05) is 5.69 Å². The van der Waals surface area contributed by atoms with Crippen molar-refractivity contribution >= 4 is 38.9 Å². The largest absolute Gasteiger partial charge is 0.417 e. The van der Waals surface area contributed by atoms with Gasteiger partial charge < -0.3 is 5.32 Å². The molecule has 0 spiro atoms. The van der Waals surface area contributed by atoms with Gasteiger partial charge in [-0.2, -0.15) is 13.2 Å². The van der Waals surface area contributed by atoms with Gasteiger partial charge in [-0.15, -0.1) is 0 Å². The van der Waals surface area contributed by atoms with Crippen LogP contribution in [0, 0.1) is 13.8 Å². The molecule has 2 aromatic rings. The van der Waals surface area contributed by atoms with Crippen LogP contribution in [0.1, 0.15) is 16.7 Å². The zero-order chi connectivity index (χ0) is 21.3. The fraction of sp³-hybridized carbons (Fsp3) is 0.278. The number of carbonyl (C=O) groups excluding carboxylic acids is 1. The Hall–Kier alpha value is -2.26. The average molecular weight is 435 g/mol. The van der Waals surface area contributed by atoms with Gasteiger partial charge in [-0.1, -0.05) is 17.7 Å². The predicted octanol–water partition coefficient (Wildman–Crippen LogP) is 4.38. The molecule has 0 bridgehead atoms. The Morgan fingerprint density at radius 3 is 2.18 bits per heavy atom. The van der Waals surface area contributed by atoms with Gasteiger partial charge in [-0.05, 0) is 55.3 Å². The summed E-state index contributed by atoms with van der Waals surface area (Å²) in [4.78, 5) is 12.3. The number of alkyl halides is 3. The predicted molar refractivity (Wildman–Crippen MR) is 103 cm³/mol. The van der Waals surface area contributed by atoms with Crippen LogP contribution in [-0.4, -0.2) is 27.1 Å². The van der Waals surface area contributed by atoms with Crippen molar-refractivity contribution < 1.29 is 26.4 Å². The number of amides is 1. The van der Waals surface area contributed by atoms with Gasteiger partial charge in [0.25, 0.3) is 0 Å². The summed E-state index contributed by atoms with van der Waals surface area (Å²) >= 11 is 5.55. The molecule has 2 aromatic carbocycles. The van der Waals surface area contributed by atoms with E-state index in [9.17, 15) is 26.4 Å². The number of anilines is 2. The fourth-order valence-electron chi connectivity index (χ4n) is 2.65. The van der Waals surface area contributed by atoms with Crippen LogP contribution in [0.2, 0.25) is 5.02 Å². The number of hydrogen-bond acceptors (Lipinski definition) is 3. The maximum Gasteiger partial charge on any atom is 0.417 e. The molecule has 0 aliphatic rings. The van der Waals surface area contributed by atoms with E-state index in [1.165, 1.54) is 6.07 Å². The zero-order valence-electron chi connectivity index (χ0n) is 15.3. The Morgan fingerprint density at radius 2 is 1.68 bits per heavy atom.